The van der Waals surface area contributed by atoms with E-state index in [1.54, 1.807) is 7.05 Å². The maximum atomic E-state index is 6.79. The SMILES string of the molecule is CN=C1N=C(C)c2c1c(N(C)C)c(Oc1ccc3ccccc3c1)c1oc3ccccc3c3ccccc3oc21. The fourth-order valence-electron chi connectivity index (χ4n) is 5.50. The molecule has 1 aliphatic heterocycles. The zero-order chi connectivity index (χ0) is 27.4. The number of rotatable bonds is 3. The van der Waals surface area contributed by atoms with Gasteiger partial charge in [0.15, 0.2) is 17.2 Å². The molecule has 0 bridgehead atoms. The molecule has 0 amide bonds. The molecule has 40 heavy (non-hydrogen) atoms. The van der Waals surface area contributed by atoms with Gasteiger partial charge in [0.25, 0.3) is 0 Å². The van der Waals surface area contributed by atoms with Crippen molar-refractivity contribution in [1.29, 1.82) is 0 Å². The number of aliphatic imine (C=N–C) groups is 2. The molecule has 0 atom stereocenters. The largest absolute Gasteiger partial charge is 0.452 e. The van der Waals surface area contributed by atoms with Crippen LogP contribution in [0.5, 0.6) is 11.5 Å². The van der Waals surface area contributed by atoms with Gasteiger partial charge < -0.3 is 18.5 Å². The summed E-state index contributed by atoms with van der Waals surface area (Å²) in [4.78, 5) is 11.4. The molecule has 2 heterocycles. The third kappa shape index (κ3) is 3.72. The van der Waals surface area contributed by atoms with Gasteiger partial charge in [-0.15, -0.1) is 0 Å². The zero-order valence-electron chi connectivity index (χ0n) is 22.7. The van der Waals surface area contributed by atoms with Crippen LogP contribution in [-0.2, 0) is 0 Å². The first kappa shape index (κ1) is 24.0. The second-order valence-electron chi connectivity index (χ2n) is 10.0. The van der Waals surface area contributed by atoms with Crippen molar-refractivity contribution < 1.29 is 13.6 Å². The van der Waals surface area contributed by atoms with E-state index in [4.69, 9.17) is 18.6 Å². The van der Waals surface area contributed by atoms with E-state index < -0.39 is 0 Å². The minimum absolute atomic E-state index is 0.490. The number of amidine groups is 1. The summed E-state index contributed by atoms with van der Waals surface area (Å²) >= 11 is 0. The van der Waals surface area contributed by atoms with Crippen LogP contribution in [0.15, 0.2) is 110 Å². The summed E-state index contributed by atoms with van der Waals surface area (Å²) in [6.45, 7) is 1.97. The van der Waals surface area contributed by atoms with Crippen molar-refractivity contribution in [3.63, 3.8) is 0 Å². The molecular formula is C34H27N3O3. The van der Waals surface area contributed by atoms with Crippen molar-refractivity contribution in [3.8, 4) is 11.5 Å². The number of hydrogen-bond donors (Lipinski definition) is 0. The molecule has 0 radical (unpaired) electrons. The first-order valence-corrected chi connectivity index (χ1v) is 13.2. The van der Waals surface area contributed by atoms with Crippen molar-refractivity contribution in [2.24, 2.45) is 9.98 Å². The van der Waals surface area contributed by atoms with E-state index in [-0.39, 0.29) is 0 Å². The Labute approximate surface area is 231 Å². The Bertz CT molecular complexity index is 2090. The Morgan fingerprint density at radius 2 is 1.35 bits per heavy atom. The third-order valence-corrected chi connectivity index (χ3v) is 7.29. The lowest BCUT2D eigenvalue weighted by molar-refractivity contribution is 0.474. The van der Waals surface area contributed by atoms with Gasteiger partial charge in [-0.25, -0.2) is 4.99 Å². The van der Waals surface area contributed by atoms with Gasteiger partial charge in [-0.1, -0.05) is 66.7 Å². The topological polar surface area (TPSA) is 63.5 Å². The lowest BCUT2D eigenvalue weighted by Crippen LogP contribution is -2.15. The smallest absolute Gasteiger partial charge is 0.215 e. The second kappa shape index (κ2) is 9.27. The molecule has 1 aromatic heterocycles. The standard InChI is InChI=1S/C34H27N3O3/c1-20-28-29(34(35-2)36-20)30(37(3)4)32(38-23-18-17-21-11-5-6-12-22(21)19-23)33-31(28)39-26-15-9-7-13-24(26)25-14-8-10-16-27(25)40-33/h5-19H,1-4H3. The van der Waals surface area contributed by atoms with Gasteiger partial charge in [-0.2, -0.15) is 0 Å². The third-order valence-electron chi connectivity index (χ3n) is 7.29. The van der Waals surface area contributed by atoms with Gasteiger partial charge in [-0.05, 0) is 42.0 Å². The molecule has 6 heteroatoms. The normalized spacial score (nSPS) is 13.7. The molecule has 0 saturated carbocycles. The molecule has 1 aliphatic rings. The van der Waals surface area contributed by atoms with Gasteiger partial charge in [0, 0.05) is 31.9 Å². The summed E-state index contributed by atoms with van der Waals surface area (Å²) in [6.07, 6.45) is 0. The van der Waals surface area contributed by atoms with Crippen LogP contribution in [0, 0.1) is 0 Å². The predicted molar refractivity (Wildman–Crippen MR) is 164 cm³/mol. The highest BCUT2D eigenvalue weighted by Gasteiger charge is 2.33. The molecule has 0 spiro atoms. The summed E-state index contributed by atoms with van der Waals surface area (Å²) in [7, 11) is 5.73. The Morgan fingerprint density at radius 3 is 2.02 bits per heavy atom. The van der Waals surface area contributed by atoms with Crippen molar-refractivity contribution in [1.82, 2.24) is 0 Å². The molecule has 196 valence electrons. The van der Waals surface area contributed by atoms with Crippen LogP contribution in [0.1, 0.15) is 18.1 Å². The summed E-state index contributed by atoms with van der Waals surface area (Å²) in [5.41, 5.74) is 5.81. The molecule has 6 aromatic rings. The van der Waals surface area contributed by atoms with E-state index >= 15 is 0 Å². The number of anilines is 1. The van der Waals surface area contributed by atoms with Crippen LogP contribution < -0.4 is 9.64 Å². The van der Waals surface area contributed by atoms with Crippen LogP contribution in [0.2, 0.25) is 0 Å². The van der Waals surface area contributed by atoms with Crippen LogP contribution in [0.4, 0.5) is 5.69 Å². The second-order valence-corrected chi connectivity index (χ2v) is 10.0. The van der Waals surface area contributed by atoms with Gasteiger partial charge in [0.2, 0.25) is 5.58 Å². The molecular weight excluding hydrogens is 498 g/mol. The number of ether oxygens (including phenoxy) is 1. The highest BCUT2D eigenvalue weighted by Crippen LogP contribution is 2.47. The number of fused-ring (bicyclic) bond motifs is 7. The molecule has 0 N–H and O–H groups in total. The average molecular weight is 526 g/mol. The Balaban J connectivity index is 1.68. The van der Waals surface area contributed by atoms with Crippen LogP contribution in [0.25, 0.3) is 43.9 Å². The van der Waals surface area contributed by atoms with Crippen molar-refractivity contribution in [3.05, 3.63) is 102 Å². The van der Waals surface area contributed by atoms with Gasteiger partial charge in [-0.3, -0.25) is 4.99 Å². The fourth-order valence-corrected chi connectivity index (χ4v) is 5.50. The zero-order valence-corrected chi connectivity index (χ0v) is 22.7. The summed E-state index contributed by atoms with van der Waals surface area (Å²) in [6, 6.07) is 30.3. The highest BCUT2D eigenvalue weighted by atomic mass is 16.5. The fraction of sp³-hybridized carbons (Fsp3) is 0.118. The molecule has 0 fully saturated rings. The molecule has 5 aromatic carbocycles. The number of benzene rings is 5. The van der Waals surface area contributed by atoms with E-state index in [1.165, 1.54) is 0 Å². The van der Waals surface area contributed by atoms with E-state index in [0.29, 0.717) is 34.1 Å². The number of hydrogen-bond acceptors (Lipinski definition) is 5. The number of nitrogens with zero attached hydrogens (tertiary/aromatic N) is 3. The monoisotopic (exact) mass is 525 g/mol. The lowest BCUT2D eigenvalue weighted by atomic mass is 10.0. The summed E-state index contributed by atoms with van der Waals surface area (Å²) < 4.78 is 20.3. The van der Waals surface area contributed by atoms with Crippen LogP contribution >= 0.6 is 0 Å². The Kier molecular flexibility index (Phi) is 5.56. The van der Waals surface area contributed by atoms with E-state index in [0.717, 1.165) is 49.7 Å². The van der Waals surface area contributed by atoms with E-state index in [2.05, 4.69) is 23.2 Å². The first-order valence-electron chi connectivity index (χ1n) is 13.2. The Hall–Kier alpha value is -5.10. The molecule has 6 nitrogen and oxygen atoms in total. The maximum absolute atomic E-state index is 6.79. The molecule has 0 saturated heterocycles. The quantitative estimate of drug-likeness (QED) is 0.232. The maximum Gasteiger partial charge on any atom is 0.215 e. The minimum atomic E-state index is 0.490. The van der Waals surface area contributed by atoms with Crippen molar-refractivity contribution in [2.75, 3.05) is 26.0 Å². The van der Waals surface area contributed by atoms with Gasteiger partial charge in [0.05, 0.1) is 22.5 Å². The highest BCUT2D eigenvalue weighted by molar-refractivity contribution is 6.29. The molecule has 0 aliphatic carbocycles. The molecule has 7 rings (SSSR count). The minimum Gasteiger partial charge on any atom is -0.452 e. The number of para-hydroxylation sites is 2. The molecule has 0 unspecified atom stereocenters. The lowest BCUT2D eigenvalue weighted by Gasteiger charge is -2.22. The summed E-state index contributed by atoms with van der Waals surface area (Å²) in [5.74, 6) is 1.85. The Morgan fingerprint density at radius 1 is 0.725 bits per heavy atom. The van der Waals surface area contributed by atoms with Crippen LogP contribution in [-0.4, -0.2) is 32.7 Å². The predicted octanol–water partition coefficient (Wildman–Crippen LogP) is 8.67. The average Bonchev–Trinajstić information content (AvgIpc) is 3.29. The van der Waals surface area contributed by atoms with Crippen LogP contribution in [0.3, 0.4) is 0 Å². The van der Waals surface area contributed by atoms with Gasteiger partial charge >= 0.3 is 0 Å². The van der Waals surface area contributed by atoms with Crippen molar-refractivity contribution >= 4 is 61.1 Å². The van der Waals surface area contributed by atoms with E-state index in [1.807, 2.05) is 98.7 Å². The first-order chi connectivity index (χ1) is 19.5. The van der Waals surface area contributed by atoms with Crippen molar-refractivity contribution in [2.45, 2.75) is 6.92 Å². The summed E-state index contributed by atoms with van der Waals surface area (Å²) in [5, 5.41) is 4.11. The van der Waals surface area contributed by atoms with E-state index in [9.17, 15) is 0 Å². The van der Waals surface area contributed by atoms with Gasteiger partial charge in [0.1, 0.15) is 16.9 Å².